The second-order valence-corrected chi connectivity index (χ2v) is 4.06. The number of halogens is 1. The lowest BCUT2D eigenvalue weighted by molar-refractivity contribution is 0.136. The van der Waals surface area contributed by atoms with Gasteiger partial charge in [-0.05, 0) is 18.9 Å². The molecule has 1 aliphatic carbocycles. The summed E-state index contributed by atoms with van der Waals surface area (Å²) < 4.78 is 0. The van der Waals surface area contributed by atoms with Gasteiger partial charge in [0.15, 0.2) is 0 Å². The molecule has 0 aromatic heterocycles. The van der Waals surface area contributed by atoms with E-state index in [4.69, 9.17) is 17.3 Å². The van der Waals surface area contributed by atoms with Gasteiger partial charge in [0.2, 0.25) is 0 Å². The van der Waals surface area contributed by atoms with Crippen molar-refractivity contribution in [3.05, 3.63) is 34.9 Å². The van der Waals surface area contributed by atoms with Crippen molar-refractivity contribution in [2.45, 2.75) is 24.5 Å². The van der Waals surface area contributed by atoms with Crippen LogP contribution in [0.25, 0.3) is 0 Å². The summed E-state index contributed by atoms with van der Waals surface area (Å²) in [5.41, 5.74) is 6.20. The summed E-state index contributed by atoms with van der Waals surface area (Å²) in [6, 6.07) is 7.29. The third kappa shape index (κ3) is 1.57. The quantitative estimate of drug-likeness (QED) is 0.761. The highest BCUT2D eigenvalue weighted by molar-refractivity contribution is 6.31. The number of hydrogen-bond donors (Lipinski definition) is 2. The van der Waals surface area contributed by atoms with Crippen LogP contribution < -0.4 is 5.73 Å². The Balaban J connectivity index is 2.30. The van der Waals surface area contributed by atoms with Crippen LogP contribution in [0.2, 0.25) is 5.02 Å². The monoisotopic (exact) mass is 197 g/mol. The van der Waals surface area contributed by atoms with Crippen molar-refractivity contribution >= 4 is 11.6 Å². The summed E-state index contributed by atoms with van der Waals surface area (Å²) in [4.78, 5) is 0. The lowest BCUT2D eigenvalue weighted by atomic mass is 10.0. The molecule has 1 atom stereocenters. The Morgan fingerprint density at radius 3 is 2.54 bits per heavy atom. The maximum atomic E-state index is 9.89. The number of rotatable bonds is 2. The van der Waals surface area contributed by atoms with Gasteiger partial charge in [-0.3, -0.25) is 0 Å². The van der Waals surface area contributed by atoms with Crippen LogP contribution in [0.15, 0.2) is 24.3 Å². The molecule has 0 heterocycles. The zero-order valence-corrected chi connectivity index (χ0v) is 7.96. The van der Waals surface area contributed by atoms with Crippen molar-refractivity contribution in [1.82, 2.24) is 0 Å². The second kappa shape index (κ2) is 2.98. The Kier molecular flexibility index (Phi) is 2.06. The predicted octanol–water partition coefficient (Wildman–Crippen LogP) is 1.86. The molecule has 0 aliphatic heterocycles. The third-order valence-electron chi connectivity index (χ3n) is 2.57. The molecule has 1 fully saturated rings. The minimum atomic E-state index is -0.624. The van der Waals surface area contributed by atoms with Gasteiger partial charge in [0.1, 0.15) is 0 Å². The molecule has 3 N–H and O–H groups in total. The molecule has 13 heavy (non-hydrogen) atoms. The topological polar surface area (TPSA) is 46.2 Å². The fraction of sp³-hybridized carbons (Fsp3) is 0.400. The summed E-state index contributed by atoms with van der Waals surface area (Å²) in [7, 11) is 0. The highest BCUT2D eigenvalue weighted by Gasteiger charge is 2.46. The van der Waals surface area contributed by atoms with E-state index in [1.54, 1.807) is 6.07 Å². The minimum absolute atomic E-state index is 0.426. The van der Waals surface area contributed by atoms with Gasteiger partial charge in [0, 0.05) is 16.1 Å². The number of benzene rings is 1. The lowest BCUT2D eigenvalue weighted by Gasteiger charge is -2.18. The molecule has 1 aromatic rings. The second-order valence-electron chi connectivity index (χ2n) is 3.66. The normalized spacial score (nSPS) is 21.2. The first kappa shape index (κ1) is 9.00. The number of aliphatic hydroxyl groups is 1. The van der Waals surface area contributed by atoms with Crippen molar-refractivity contribution in [2.75, 3.05) is 0 Å². The van der Waals surface area contributed by atoms with E-state index in [2.05, 4.69) is 0 Å². The number of hydrogen-bond acceptors (Lipinski definition) is 2. The van der Waals surface area contributed by atoms with Crippen molar-refractivity contribution in [3.8, 4) is 0 Å². The molecule has 0 spiro atoms. The van der Waals surface area contributed by atoms with Gasteiger partial charge in [-0.15, -0.1) is 0 Å². The smallest absolute Gasteiger partial charge is 0.0983 e. The molecule has 1 aliphatic rings. The molecule has 3 heteroatoms. The van der Waals surface area contributed by atoms with E-state index in [1.165, 1.54) is 0 Å². The van der Waals surface area contributed by atoms with Gasteiger partial charge in [0.05, 0.1) is 6.10 Å². The Bertz CT molecular complexity index is 322. The Labute approximate surface area is 82.3 Å². The number of nitrogens with two attached hydrogens (primary N) is 1. The standard InChI is InChI=1S/C10H12ClNO/c11-8-4-2-1-3-7(8)9(13)10(12)5-6-10/h1-4,9,13H,5-6,12H2. The van der Waals surface area contributed by atoms with E-state index in [9.17, 15) is 5.11 Å². The van der Waals surface area contributed by atoms with Crippen LogP contribution in [0.1, 0.15) is 24.5 Å². The summed E-state index contributed by atoms with van der Waals surface area (Å²) in [6.45, 7) is 0. The number of aliphatic hydroxyl groups excluding tert-OH is 1. The van der Waals surface area contributed by atoms with E-state index in [0.717, 1.165) is 18.4 Å². The molecular formula is C10H12ClNO. The zero-order valence-electron chi connectivity index (χ0n) is 7.20. The van der Waals surface area contributed by atoms with Crippen LogP contribution in [0.5, 0.6) is 0 Å². The molecule has 0 bridgehead atoms. The SMILES string of the molecule is NC1(C(O)c2ccccc2Cl)CC1. The summed E-state index contributed by atoms with van der Waals surface area (Å²) >= 11 is 5.94. The predicted molar refractivity (Wildman–Crippen MR) is 52.6 cm³/mol. The molecule has 1 saturated carbocycles. The van der Waals surface area contributed by atoms with Crippen LogP contribution >= 0.6 is 11.6 Å². The van der Waals surface area contributed by atoms with E-state index in [-0.39, 0.29) is 0 Å². The molecule has 1 unspecified atom stereocenters. The fourth-order valence-corrected chi connectivity index (χ4v) is 1.66. The molecule has 0 amide bonds. The third-order valence-corrected chi connectivity index (χ3v) is 2.92. The van der Waals surface area contributed by atoms with Crippen LogP contribution in [0.3, 0.4) is 0 Å². The van der Waals surface area contributed by atoms with Crippen molar-refractivity contribution in [3.63, 3.8) is 0 Å². The van der Waals surface area contributed by atoms with Gasteiger partial charge in [-0.1, -0.05) is 29.8 Å². The zero-order chi connectivity index (χ0) is 9.47. The van der Waals surface area contributed by atoms with Crippen LogP contribution in [0, 0.1) is 0 Å². The first-order valence-corrected chi connectivity index (χ1v) is 4.73. The first-order chi connectivity index (χ1) is 6.13. The van der Waals surface area contributed by atoms with E-state index < -0.39 is 11.6 Å². The molecule has 2 rings (SSSR count). The highest BCUT2D eigenvalue weighted by Crippen LogP contribution is 2.44. The Hall–Kier alpha value is -0.570. The minimum Gasteiger partial charge on any atom is -0.386 e. The van der Waals surface area contributed by atoms with Gasteiger partial charge < -0.3 is 10.8 Å². The van der Waals surface area contributed by atoms with Crippen molar-refractivity contribution < 1.29 is 5.11 Å². The molecular weight excluding hydrogens is 186 g/mol. The van der Waals surface area contributed by atoms with Crippen molar-refractivity contribution in [1.29, 1.82) is 0 Å². The van der Waals surface area contributed by atoms with E-state index in [1.807, 2.05) is 18.2 Å². The maximum Gasteiger partial charge on any atom is 0.0983 e. The highest BCUT2D eigenvalue weighted by atomic mass is 35.5. The summed E-state index contributed by atoms with van der Waals surface area (Å²) in [5.74, 6) is 0. The van der Waals surface area contributed by atoms with E-state index in [0.29, 0.717) is 5.02 Å². The summed E-state index contributed by atoms with van der Waals surface area (Å²) in [5, 5.41) is 10.5. The van der Waals surface area contributed by atoms with Crippen LogP contribution in [-0.4, -0.2) is 10.6 Å². The average Bonchev–Trinajstić information content (AvgIpc) is 2.85. The first-order valence-electron chi connectivity index (χ1n) is 4.35. The molecule has 1 aromatic carbocycles. The molecule has 2 nitrogen and oxygen atoms in total. The average molecular weight is 198 g/mol. The maximum absolute atomic E-state index is 9.89. The van der Waals surface area contributed by atoms with E-state index >= 15 is 0 Å². The van der Waals surface area contributed by atoms with Gasteiger partial charge in [0.25, 0.3) is 0 Å². The largest absolute Gasteiger partial charge is 0.386 e. The molecule has 0 radical (unpaired) electrons. The van der Waals surface area contributed by atoms with Crippen LogP contribution in [0.4, 0.5) is 0 Å². The Morgan fingerprint density at radius 1 is 1.38 bits per heavy atom. The Morgan fingerprint density at radius 2 is 2.00 bits per heavy atom. The van der Waals surface area contributed by atoms with Crippen LogP contribution in [-0.2, 0) is 0 Å². The summed E-state index contributed by atoms with van der Waals surface area (Å²) in [6.07, 6.45) is 1.12. The van der Waals surface area contributed by atoms with Crippen molar-refractivity contribution in [2.24, 2.45) is 5.73 Å². The fourth-order valence-electron chi connectivity index (χ4n) is 1.42. The lowest BCUT2D eigenvalue weighted by Crippen LogP contribution is -2.30. The van der Waals surface area contributed by atoms with Gasteiger partial charge in [-0.2, -0.15) is 0 Å². The van der Waals surface area contributed by atoms with Gasteiger partial charge >= 0.3 is 0 Å². The van der Waals surface area contributed by atoms with Gasteiger partial charge in [-0.25, -0.2) is 0 Å². The molecule has 0 saturated heterocycles. The molecule has 70 valence electrons.